The highest BCUT2D eigenvalue weighted by molar-refractivity contribution is 7.51. The molecule has 0 saturated heterocycles. The van der Waals surface area contributed by atoms with E-state index in [2.05, 4.69) is 14.0 Å². The van der Waals surface area contributed by atoms with Crippen LogP contribution in [0.3, 0.4) is 0 Å². The third-order valence-electron chi connectivity index (χ3n) is 2.62. The SMILES string of the molecule is CN(CC(=O)O)/C(N)=N\P(=O)(O)OCOC(=O)Cc1ccccc1. The Kier molecular flexibility index (Phi) is 7.37. The molecule has 0 aromatic heterocycles. The van der Waals surface area contributed by atoms with E-state index in [1.165, 1.54) is 7.05 Å². The van der Waals surface area contributed by atoms with Crippen LogP contribution < -0.4 is 5.73 Å². The van der Waals surface area contributed by atoms with Gasteiger partial charge in [0.25, 0.3) is 0 Å². The number of benzene rings is 1. The molecule has 1 atom stereocenters. The normalized spacial score (nSPS) is 13.8. The first-order valence-electron chi connectivity index (χ1n) is 6.65. The summed E-state index contributed by atoms with van der Waals surface area (Å²) in [6.07, 6.45) is -0.0211. The van der Waals surface area contributed by atoms with Crippen LogP contribution >= 0.6 is 7.75 Å². The molecule has 1 aromatic carbocycles. The van der Waals surface area contributed by atoms with Gasteiger partial charge in [0.1, 0.15) is 6.54 Å². The van der Waals surface area contributed by atoms with Crippen LogP contribution in [0.4, 0.5) is 0 Å². The second kappa shape index (κ2) is 9.02. The highest BCUT2D eigenvalue weighted by Crippen LogP contribution is 2.43. The molecule has 1 unspecified atom stereocenters. The Bertz CT molecular complexity index is 650. The van der Waals surface area contributed by atoms with E-state index in [1.807, 2.05) is 0 Å². The number of ether oxygens (including phenoxy) is 1. The van der Waals surface area contributed by atoms with Crippen LogP contribution in [0.25, 0.3) is 0 Å². The van der Waals surface area contributed by atoms with E-state index in [1.54, 1.807) is 30.3 Å². The van der Waals surface area contributed by atoms with Crippen LogP contribution in [0.1, 0.15) is 5.56 Å². The maximum absolute atomic E-state index is 11.7. The van der Waals surface area contributed by atoms with E-state index in [0.29, 0.717) is 5.56 Å². The lowest BCUT2D eigenvalue weighted by atomic mass is 10.2. The minimum Gasteiger partial charge on any atom is -0.480 e. The number of carboxylic acids is 1. The smallest absolute Gasteiger partial charge is 0.457 e. The second-order valence-corrected chi connectivity index (χ2v) is 6.06. The Morgan fingerprint density at radius 2 is 1.96 bits per heavy atom. The van der Waals surface area contributed by atoms with Crippen molar-refractivity contribution < 1.29 is 33.4 Å². The molecule has 0 aliphatic heterocycles. The van der Waals surface area contributed by atoms with E-state index in [0.717, 1.165) is 4.90 Å². The first-order chi connectivity index (χ1) is 11.2. The minimum absolute atomic E-state index is 0.0211. The summed E-state index contributed by atoms with van der Waals surface area (Å²) < 4.78 is 24.0. The van der Waals surface area contributed by atoms with Crippen LogP contribution in [0.2, 0.25) is 0 Å². The van der Waals surface area contributed by atoms with Gasteiger partial charge in [-0.25, -0.2) is 4.57 Å². The van der Waals surface area contributed by atoms with Crippen LogP contribution in [0.15, 0.2) is 35.1 Å². The van der Waals surface area contributed by atoms with E-state index in [4.69, 9.17) is 10.8 Å². The topological polar surface area (TPSA) is 152 Å². The number of carboxylic acid groups (broad SMARTS) is 1. The van der Waals surface area contributed by atoms with Crippen molar-refractivity contribution in [1.29, 1.82) is 0 Å². The zero-order valence-electron chi connectivity index (χ0n) is 12.9. The number of carbonyl (C=O) groups excluding carboxylic acids is 1. The highest BCUT2D eigenvalue weighted by Gasteiger charge is 2.21. The van der Waals surface area contributed by atoms with E-state index < -0.39 is 39.0 Å². The van der Waals surface area contributed by atoms with Crippen LogP contribution in [-0.4, -0.2) is 53.2 Å². The maximum Gasteiger partial charge on any atom is 0.457 e. The maximum atomic E-state index is 11.7. The number of nitrogens with two attached hydrogens (primary N) is 1. The molecule has 10 nitrogen and oxygen atoms in total. The Labute approximate surface area is 138 Å². The van der Waals surface area contributed by atoms with Gasteiger partial charge in [-0.05, 0) is 5.56 Å². The molecule has 0 aliphatic carbocycles. The lowest BCUT2D eigenvalue weighted by Crippen LogP contribution is -2.37. The summed E-state index contributed by atoms with van der Waals surface area (Å²) in [6.45, 7) is -1.31. The standard InChI is InChI=1S/C13H18N3O7P/c1-16(8-11(17)18)13(14)15-24(20,21)23-9-22-12(19)7-10-5-3-2-4-6-10/h2-6H,7-9H2,1H3,(H,17,18)(H3,14,15,20,21). The number of hydrogen-bond acceptors (Lipinski definition) is 5. The van der Waals surface area contributed by atoms with Gasteiger partial charge in [0, 0.05) is 7.05 Å². The van der Waals surface area contributed by atoms with Crippen molar-refractivity contribution in [1.82, 2.24) is 4.90 Å². The number of guanidine groups is 1. The average molecular weight is 359 g/mol. The molecular formula is C13H18N3O7P. The summed E-state index contributed by atoms with van der Waals surface area (Å²) in [6, 6.07) is 8.76. The van der Waals surface area contributed by atoms with Crippen molar-refractivity contribution in [3.63, 3.8) is 0 Å². The quantitative estimate of drug-likeness (QED) is 0.194. The van der Waals surface area contributed by atoms with Crippen molar-refractivity contribution in [2.24, 2.45) is 10.5 Å². The molecule has 1 rings (SSSR count). The predicted molar refractivity (Wildman–Crippen MR) is 83.9 cm³/mol. The molecule has 4 N–H and O–H groups in total. The summed E-state index contributed by atoms with van der Waals surface area (Å²) in [7, 11) is -3.26. The number of likely N-dealkylation sites (N-methyl/N-ethyl adjacent to an activating group) is 1. The molecule has 0 saturated carbocycles. The Morgan fingerprint density at radius 1 is 1.33 bits per heavy atom. The van der Waals surface area contributed by atoms with Gasteiger partial charge in [0.2, 0.25) is 12.8 Å². The lowest BCUT2D eigenvalue weighted by molar-refractivity contribution is -0.149. The number of carbonyl (C=O) groups is 2. The zero-order valence-corrected chi connectivity index (χ0v) is 13.8. The molecule has 1 aromatic rings. The van der Waals surface area contributed by atoms with Gasteiger partial charge < -0.3 is 25.4 Å². The fourth-order valence-corrected chi connectivity index (χ4v) is 2.15. The molecular weight excluding hydrogens is 341 g/mol. The van der Waals surface area contributed by atoms with Gasteiger partial charge >= 0.3 is 19.7 Å². The van der Waals surface area contributed by atoms with Crippen molar-refractivity contribution in [2.75, 3.05) is 20.4 Å². The van der Waals surface area contributed by atoms with Crippen LogP contribution in [-0.2, 0) is 29.8 Å². The zero-order chi connectivity index (χ0) is 18.2. The number of hydrogen-bond donors (Lipinski definition) is 3. The van der Waals surface area contributed by atoms with Gasteiger partial charge in [-0.2, -0.15) is 0 Å². The molecule has 0 aliphatic rings. The molecule has 0 bridgehead atoms. The van der Waals surface area contributed by atoms with Crippen molar-refractivity contribution >= 4 is 25.6 Å². The molecule has 0 amide bonds. The van der Waals surface area contributed by atoms with E-state index >= 15 is 0 Å². The van der Waals surface area contributed by atoms with Crippen molar-refractivity contribution in [3.05, 3.63) is 35.9 Å². The van der Waals surface area contributed by atoms with Gasteiger partial charge in [-0.3, -0.25) is 14.1 Å². The molecule has 11 heteroatoms. The van der Waals surface area contributed by atoms with E-state index in [-0.39, 0.29) is 6.42 Å². The summed E-state index contributed by atoms with van der Waals surface area (Å²) in [4.78, 5) is 32.5. The third-order valence-corrected chi connectivity index (χ3v) is 3.52. The fraction of sp³-hybridized carbons (Fsp3) is 0.308. The Morgan fingerprint density at radius 3 is 2.54 bits per heavy atom. The molecule has 0 heterocycles. The Balaban J connectivity index is 2.46. The predicted octanol–water partition coefficient (Wildman–Crippen LogP) is 0.178. The monoisotopic (exact) mass is 359 g/mol. The first-order valence-corrected chi connectivity index (χ1v) is 8.18. The third kappa shape index (κ3) is 7.73. The van der Waals surface area contributed by atoms with Gasteiger partial charge in [0.05, 0.1) is 6.42 Å². The summed E-state index contributed by atoms with van der Waals surface area (Å²) in [5.41, 5.74) is 6.09. The van der Waals surface area contributed by atoms with Gasteiger partial charge in [-0.1, -0.05) is 30.3 Å². The van der Waals surface area contributed by atoms with E-state index in [9.17, 15) is 19.0 Å². The molecule has 24 heavy (non-hydrogen) atoms. The van der Waals surface area contributed by atoms with Gasteiger partial charge in [0.15, 0.2) is 0 Å². The number of nitrogens with zero attached hydrogens (tertiary/aromatic N) is 2. The van der Waals surface area contributed by atoms with Gasteiger partial charge in [-0.15, -0.1) is 4.76 Å². The number of aliphatic carboxylic acids is 1. The Hall–Kier alpha value is -2.42. The second-order valence-electron chi connectivity index (χ2n) is 4.62. The molecule has 132 valence electrons. The van der Waals surface area contributed by atoms with Crippen molar-refractivity contribution in [2.45, 2.75) is 6.42 Å². The van der Waals surface area contributed by atoms with Crippen LogP contribution in [0.5, 0.6) is 0 Å². The van der Waals surface area contributed by atoms with Crippen LogP contribution in [0, 0.1) is 0 Å². The van der Waals surface area contributed by atoms with Crippen molar-refractivity contribution in [3.8, 4) is 0 Å². The first kappa shape index (κ1) is 19.6. The molecule has 0 radical (unpaired) electrons. The number of esters is 1. The summed E-state index contributed by atoms with van der Waals surface area (Å²) in [5, 5.41) is 8.58. The average Bonchev–Trinajstić information content (AvgIpc) is 2.46. The summed E-state index contributed by atoms with van der Waals surface area (Å²) >= 11 is 0. The summed E-state index contributed by atoms with van der Waals surface area (Å²) in [5.74, 6) is -2.35. The largest absolute Gasteiger partial charge is 0.480 e. The highest BCUT2D eigenvalue weighted by atomic mass is 31.2. The fourth-order valence-electron chi connectivity index (χ4n) is 1.49. The lowest BCUT2D eigenvalue weighted by Gasteiger charge is -2.16. The molecule has 0 fully saturated rings. The minimum atomic E-state index is -4.53. The molecule has 0 spiro atoms. The number of rotatable bonds is 8.